The highest BCUT2D eigenvalue weighted by atomic mass is 32.2. The number of hydrogen-bond donors (Lipinski definition) is 1. The van der Waals surface area contributed by atoms with Crippen LogP contribution in [0.1, 0.15) is 30.9 Å². The average molecular weight is 320 g/mol. The van der Waals surface area contributed by atoms with Crippen molar-refractivity contribution in [1.29, 1.82) is 0 Å². The van der Waals surface area contributed by atoms with Crippen LogP contribution >= 0.6 is 0 Å². The van der Waals surface area contributed by atoms with Crippen molar-refractivity contribution in [3.63, 3.8) is 0 Å². The second-order valence-electron chi connectivity index (χ2n) is 5.36. The van der Waals surface area contributed by atoms with Crippen LogP contribution in [0.25, 0.3) is 0 Å². The zero-order chi connectivity index (χ0) is 16.3. The molecule has 0 unspecified atom stereocenters. The summed E-state index contributed by atoms with van der Waals surface area (Å²) in [6, 6.07) is 6.77. The van der Waals surface area contributed by atoms with Crippen molar-refractivity contribution in [2.24, 2.45) is 0 Å². The maximum Gasteiger partial charge on any atom is 0.262 e. The second-order valence-corrected chi connectivity index (χ2v) is 7.01. The Bertz CT molecular complexity index is 756. The number of pyridine rings is 1. The van der Waals surface area contributed by atoms with Crippen LogP contribution in [-0.4, -0.2) is 20.5 Å². The van der Waals surface area contributed by atoms with Crippen LogP contribution in [0.4, 0.5) is 5.69 Å². The van der Waals surface area contributed by atoms with Gasteiger partial charge >= 0.3 is 0 Å². The first-order valence-corrected chi connectivity index (χ1v) is 8.45. The summed E-state index contributed by atoms with van der Waals surface area (Å²) in [5.41, 5.74) is 1.93. The van der Waals surface area contributed by atoms with Gasteiger partial charge in [-0.25, -0.2) is 8.42 Å². The van der Waals surface area contributed by atoms with E-state index in [1.54, 1.807) is 44.5 Å². The lowest BCUT2D eigenvalue weighted by Gasteiger charge is -2.16. The number of benzene rings is 1. The quantitative estimate of drug-likeness (QED) is 0.917. The Kier molecular flexibility index (Phi) is 4.71. The van der Waals surface area contributed by atoms with E-state index in [9.17, 15) is 8.42 Å². The van der Waals surface area contributed by atoms with E-state index in [1.165, 1.54) is 6.20 Å². The number of hydrogen-bond acceptors (Lipinski definition) is 4. The van der Waals surface area contributed by atoms with Crippen LogP contribution in [0.5, 0.6) is 5.75 Å². The maximum atomic E-state index is 12.6. The lowest BCUT2D eigenvalue weighted by Crippen LogP contribution is -2.15. The molecule has 0 fully saturated rings. The summed E-state index contributed by atoms with van der Waals surface area (Å²) >= 11 is 0. The maximum absolute atomic E-state index is 12.6. The summed E-state index contributed by atoms with van der Waals surface area (Å²) in [5.74, 6) is 0.857. The Morgan fingerprint density at radius 3 is 2.55 bits per heavy atom. The van der Waals surface area contributed by atoms with Gasteiger partial charge in [0.25, 0.3) is 10.0 Å². The fourth-order valence-electron chi connectivity index (χ4n) is 2.23. The number of ether oxygens (including phenoxy) is 1. The molecule has 0 bridgehead atoms. The number of sulfonamides is 1. The first-order chi connectivity index (χ1) is 10.3. The SMILES string of the molecule is COc1cc(C)c(S(=O)(=O)Nc2cccnc2)cc1C(C)C. The number of anilines is 1. The third kappa shape index (κ3) is 3.39. The van der Waals surface area contributed by atoms with Crippen LogP contribution in [0.2, 0.25) is 0 Å². The number of rotatable bonds is 5. The van der Waals surface area contributed by atoms with Crippen molar-refractivity contribution in [3.05, 3.63) is 47.8 Å². The molecule has 1 aromatic heterocycles. The summed E-state index contributed by atoms with van der Waals surface area (Å²) in [6.45, 7) is 5.75. The highest BCUT2D eigenvalue weighted by Gasteiger charge is 2.21. The lowest BCUT2D eigenvalue weighted by molar-refractivity contribution is 0.406. The van der Waals surface area contributed by atoms with E-state index < -0.39 is 10.0 Å². The zero-order valence-electron chi connectivity index (χ0n) is 13.1. The number of aromatic nitrogens is 1. The average Bonchev–Trinajstić information content (AvgIpc) is 2.46. The number of methoxy groups -OCH3 is 1. The molecule has 2 rings (SSSR count). The highest BCUT2D eigenvalue weighted by molar-refractivity contribution is 7.92. The number of aryl methyl sites for hydroxylation is 1. The number of nitrogens with zero attached hydrogens (tertiary/aromatic N) is 1. The van der Waals surface area contributed by atoms with Gasteiger partial charge in [-0.05, 0) is 48.2 Å². The van der Waals surface area contributed by atoms with Gasteiger partial charge < -0.3 is 4.74 Å². The molecule has 1 heterocycles. The Morgan fingerprint density at radius 1 is 1.27 bits per heavy atom. The van der Waals surface area contributed by atoms with Gasteiger partial charge in [0.2, 0.25) is 0 Å². The standard InChI is InChI=1S/C16H20N2O3S/c1-11(2)14-9-16(12(3)8-15(14)21-4)22(19,20)18-13-6-5-7-17-10-13/h5-11,18H,1-4H3. The molecular formula is C16H20N2O3S. The molecule has 118 valence electrons. The fourth-order valence-corrected chi connectivity index (χ4v) is 3.53. The van der Waals surface area contributed by atoms with Crippen molar-refractivity contribution in [1.82, 2.24) is 4.98 Å². The van der Waals surface area contributed by atoms with Crippen molar-refractivity contribution < 1.29 is 13.2 Å². The minimum Gasteiger partial charge on any atom is -0.496 e. The first-order valence-electron chi connectivity index (χ1n) is 6.96. The molecule has 0 aliphatic carbocycles. The predicted octanol–water partition coefficient (Wildman–Crippen LogP) is 3.32. The van der Waals surface area contributed by atoms with E-state index in [1.807, 2.05) is 13.8 Å². The Labute approximate surface area is 131 Å². The minimum atomic E-state index is -3.67. The lowest BCUT2D eigenvalue weighted by atomic mass is 10.0. The van der Waals surface area contributed by atoms with Gasteiger partial charge in [-0.2, -0.15) is 0 Å². The molecule has 0 saturated carbocycles. The molecule has 0 atom stereocenters. The minimum absolute atomic E-state index is 0.155. The highest BCUT2D eigenvalue weighted by Crippen LogP contribution is 2.32. The summed E-state index contributed by atoms with van der Waals surface area (Å²) in [6.07, 6.45) is 3.06. The molecule has 0 aliphatic rings. The predicted molar refractivity (Wildman–Crippen MR) is 86.9 cm³/mol. The molecule has 0 spiro atoms. The van der Waals surface area contributed by atoms with Crippen LogP contribution in [-0.2, 0) is 10.0 Å². The first kappa shape index (κ1) is 16.3. The smallest absolute Gasteiger partial charge is 0.262 e. The Hall–Kier alpha value is -2.08. The Balaban J connectivity index is 2.49. The molecule has 0 amide bonds. The molecule has 1 aromatic carbocycles. The van der Waals surface area contributed by atoms with Gasteiger partial charge in [0, 0.05) is 6.20 Å². The van der Waals surface area contributed by atoms with Crippen LogP contribution < -0.4 is 9.46 Å². The molecule has 0 radical (unpaired) electrons. The van der Waals surface area contributed by atoms with Gasteiger partial charge in [-0.15, -0.1) is 0 Å². The molecule has 2 aromatic rings. The Morgan fingerprint density at radius 2 is 2.00 bits per heavy atom. The van der Waals surface area contributed by atoms with Gasteiger partial charge in [-0.1, -0.05) is 13.8 Å². The summed E-state index contributed by atoms with van der Waals surface area (Å²) in [4.78, 5) is 4.16. The van der Waals surface area contributed by atoms with Crippen molar-refractivity contribution in [2.75, 3.05) is 11.8 Å². The van der Waals surface area contributed by atoms with E-state index in [4.69, 9.17) is 4.74 Å². The third-order valence-electron chi connectivity index (χ3n) is 3.35. The van der Waals surface area contributed by atoms with Gasteiger partial charge in [0.1, 0.15) is 5.75 Å². The third-order valence-corrected chi connectivity index (χ3v) is 4.88. The van der Waals surface area contributed by atoms with Crippen molar-refractivity contribution >= 4 is 15.7 Å². The molecular weight excluding hydrogens is 300 g/mol. The van der Waals surface area contributed by atoms with E-state index in [-0.39, 0.29) is 10.8 Å². The number of nitrogens with one attached hydrogen (secondary N) is 1. The van der Waals surface area contributed by atoms with Crippen LogP contribution in [0.3, 0.4) is 0 Å². The van der Waals surface area contributed by atoms with Gasteiger partial charge in [-0.3, -0.25) is 9.71 Å². The molecule has 0 aliphatic heterocycles. The molecule has 0 saturated heterocycles. The summed E-state index contributed by atoms with van der Waals surface area (Å²) in [5, 5.41) is 0. The summed E-state index contributed by atoms with van der Waals surface area (Å²) in [7, 11) is -2.08. The van der Waals surface area contributed by atoms with E-state index in [0.717, 1.165) is 5.56 Å². The fraction of sp³-hybridized carbons (Fsp3) is 0.312. The van der Waals surface area contributed by atoms with Crippen molar-refractivity contribution in [3.8, 4) is 5.75 Å². The zero-order valence-corrected chi connectivity index (χ0v) is 13.9. The summed E-state index contributed by atoms with van der Waals surface area (Å²) < 4.78 is 33.1. The molecule has 6 heteroatoms. The van der Waals surface area contributed by atoms with Crippen LogP contribution in [0, 0.1) is 6.92 Å². The normalized spacial score (nSPS) is 11.5. The van der Waals surface area contributed by atoms with Gasteiger partial charge in [0.05, 0.1) is 23.9 Å². The van der Waals surface area contributed by atoms with Crippen LogP contribution in [0.15, 0.2) is 41.6 Å². The molecule has 5 nitrogen and oxygen atoms in total. The monoisotopic (exact) mass is 320 g/mol. The molecule has 22 heavy (non-hydrogen) atoms. The van der Waals surface area contributed by atoms with E-state index in [2.05, 4.69) is 9.71 Å². The second kappa shape index (κ2) is 6.36. The van der Waals surface area contributed by atoms with E-state index >= 15 is 0 Å². The van der Waals surface area contributed by atoms with Gasteiger partial charge in [0.15, 0.2) is 0 Å². The molecule has 1 N–H and O–H groups in total. The largest absolute Gasteiger partial charge is 0.496 e. The van der Waals surface area contributed by atoms with E-state index in [0.29, 0.717) is 17.0 Å². The van der Waals surface area contributed by atoms with Crippen molar-refractivity contribution in [2.45, 2.75) is 31.6 Å². The topological polar surface area (TPSA) is 68.3 Å².